The predicted octanol–water partition coefficient (Wildman–Crippen LogP) is 2.94. The van der Waals surface area contributed by atoms with Crippen molar-refractivity contribution < 1.29 is 0 Å². The SMILES string of the molecule is Clc1cc(I)c2nc(Cl)ncc2n1. The number of pyridine rings is 1. The number of halogens is 3. The highest BCUT2D eigenvalue weighted by Gasteiger charge is 2.04. The first kappa shape index (κ1) is 9.36. The fourth-order valence-corrected chi connectivity index (χ4v) is 2.14. The van der Waals surface area contributed by atoms with E-state index in [4.69, 9.17) is 23.2 Å². The lowest BCUT2D eigenvalue weighted by Crippen LogP contribution is -1.90. The normalized spacial score (nSPS) is 10.7. The second-order valence-electron chi connectivity index (χ2n) is 2.30. The van der Waals surface area contributed by atoms with E-state index in [-0.39, 0.29) is 5.28 Å². The molecule has 0 atom stereocenters. The Morgan fingerprint density at radius 3 is 2.77 bits per heavy atom. The molecule has 0 unspecified atom stereocenters. The Morgan fingerprint density at radius 1 is 1.23 bits per heavy atom. The van der Waals surface area contributed by atoms with Crippen molar-refractivity contribution in [3.8, 4) is 0 Å². The lowest BCUT2D eigenvalue weighted by Gasteiger charge is -1.99. The number of rotatable bonds is 0. The minimum Gasteiger partial charge on any atom is -0.233 e. The molecule has 0 spiro atoms. The van der Waals surface area contributed by atoms with Gasteiger partial charge in [0.15, 0.2) is 0 Å². The maximum absolute atomic E-state index is 5.76. The maximum Gasteiger partial charge on any atom is 0.223 e. The van der Waals surface area contributed by atoms with Crippen molar-refractivity contribution in [1.29, 1.82) is 0 Å². The van der Waals surface area contributed by atoms with E-state index < -0.39 is 0 Å². The summed E-state index contributed by atoms with van der Waals surface area (Å²) in [7, 11) is 0. The van der Waals surface area contributed by atoms with E-state index in [0.717, 1.165) is 9.09 Å². The van der Waals surface area contributed by atoms with E-state index in [9.17, 15) is 0 Å². The Balaban J connectivity index is 2.87. The molecule has 0 aliphatic carbocycles. The zero-order valence-electron chi connectivity index (χ0n) is 6.13. The van der Waals surface area contributed by atoms with Gasteiger partial charge in [-0.2, -0.15) is 0 Å². The minimum atomic E-state index is 0.217. The first-order chi connectivity index (χ1) is 6.16. The molecule has 6 heteroatoms. The Hall–Kier alpha value is -0.200. The average Bonchev–Trinajstić information content (AvgIpc) is 2.06. The van der Waals surface area contributed by atoms with Gasteiger partial charge in [-0.05, 0) is 40.3 Å². The molecular formula is C7H2Cl2IN3. The largest absolute Gasteiger partial charge is 0.233 e. The molecule has 3 nitrogen and oxygen atoms in total. The fourth-order valence-electron chi connectivity index (χ4n) is 0.932. The van der Waals surface area contributed by atoms with E-state index in [0.29, 0.717) is 10.7 Å². The van der Waals surface area contributed by atoms with Crippen molar-refractivity contribution in [2.24, 2.45) is 0 Å². The van der Waals surface area contributed by atoms with Crippen LogP contribution >= 0.6 is 45.8 Å². The summed E-state index contributed by atoms with van der Waals surface area (Å²) in [6.45, 7) is 0. The van der Waals surface area contributed by atoms with Crippen LogP contribution < -0.4 is 0 Å². The van der Waals surface area contributed by atoms with Crippen LogP contribution in [-0.4, -0.2) is 15.0 Å². The van der Waals surface area contributed by atoms with Gasteiger partial charge in [-0.3, -0.25) is 0 Å². The quantitative estimate of drug-likeness (QED) is 0.424. The number of hydrogen-bond acceptors (Lipinski definition) is 3. The lowest BCUT2D eigenvalue weighted by molar-refractivity contribution is 1.19. The molecule has 0 bridgehead atoms. The Kier molecular flexibility index (Phi) is 2.53. The third kappa shape index (κ3) is 1.84. The summed E-state index contributed by atoms with van der Waals surface area (Å²) in [5.74, 6) is 0. The molecule has 0 saturated carbocycles. The number of nitrogens with zero attached hydrogens (tertiary/aromatic N) is 3. The van der Waals surface area contributed by atoms with Gasteiger partial charge in [-0.1, -0.05) is 11.6 Å². The number of aromatic nitrogens is 3. The molecule has 0 radical (unpaired) electrons. The Labute approximate surface area is 97.6 Å². The molecule has 0 aliphatic rings. The topological polar surface area (TPSA) is 38.7 Å². The molecule has 2 aromatic rings. The van der Waals surface area contributed by atoms with Crippen molar-refractivity contribution in [2.45, 2.75) is 0 Å². The zero-order valence-corrected chi connectivity index (χ0v) is 9.80. The van der Waals surface area contributed by atoms with Crippen LogP contribution in [0.2, 0.25) is 10.4 Å². The van der Waals surface area contributed by atoms with Gasteiger partial charge in [0.05, 0.1) is 6.20 Å². The number of hydrogen-bond donors (Lipinski definition) is 0. The summed E-state index contributed by atoms with van der Waals surface area (Å²) in [5, 5.41) is 0.650. The molecule has 2 aromatic heterocycles. The van der Waals surface area contributed by atoms with Gasteiger partial charge in [0.1, 0.15) is 16.2 Å². The van der Waals surface area contributed by atoms with Crippen LogP contribution in [0.25, 0.3) is 11.0 Å². The van der Waals surface area contributed by atoms with Crippen molar-refractivity contribution in [2.75, 3.05) is 0 Å². The standard InChI is InChI=1S/C7H2Cl2IN3/c8-5-1-3(10)6-4(12-5)2-11-7(9)13-6/h1-2H. The monoisotopic (exact) mass is 325 g/mol. The van der Waals surface area contributed by atoms with Gasteiger partial charge < -0.3 is 0 Å². The molecule has 2 rings (SSSR count). The highest BCUT2D eigenvalue weighted by Crippen LogP contribution is 2.20. The van der Waals surface area contributed by atoms with Crippen LogP contribution in [0.15, 0.2) is 12.3 Å². The molecule has 0 amide bonds. The van der Waals surface area contributed by atoms with Gasteiger partial charge in [0.25, 0.3) is 0 Å². The van der Waals surface area contributed by atoms with Crippen molar-refractivity contribution in [1.82, 2.24) is 15.0 Å². The first-order valence-electron chi connectivity index (χ1n) is 3.31. The molecule has 66 valence electrons. The summed E-state index contributed by atoms with van der Waals surface area (Å²) >= 11 is 13.5. The van der Waals surface area contributed by atoms with E-state index in [2.05, 4.69) is 37.5 Å². The zero-order chi connectivity index (χ0) is 9.42. The van der Waals surface area contributed by atoms with E-state index >= 15 is 0 Å². The minimum absolute atomic E-state index is 0.217. The van der Waals surface area contributed by atoms with Gasteiger partial charge in [-0.25, -0.2) is 15.0 Å². The van der Waals surface area contributed by atoms with Crippen molar-refractivity contribution >= 4 is 56.8 Å². The number of fused-ring (bicyclic) bond motifs is 1. The summed E-state index contributed by atoms with van der Waals surface area (Å²) < 4.78 is 0.914. The second kappa shape index (κ2) is 3.51. The fraction of sp³-hybridized carbons (Fsp3) is 0. The highest BCUT2D eigenvalue weighted by molar-refractivity contribution is 14.1. The lowest BCUT2D eigenvalue weighted by atomic mass is 10.4. The highest BCUT2D eigenvalue weighted by atomic mass is 127. The molecule has 0 aromatic carbocycles. The molecule has 0 fully saturated rings. The van der Waals surface area contributed by atoms with Crippen LogP contribution in [-0.2, 0) is 0 Å². The molecule has 0 N–H and O–H groups in total. The smallest absolute Gasteiger partial charge is 0.223 e. The third-order valence-corrected chi connectivity index (χ3v) is 2.64. The van der Waals surface area contributed by atoms with Crippen LogP contribution in [0.5, 0.6) is 0 Å². The second-order valence-corrected chi connectivity index (χ2v) is 4.19. The van der Waals surface area contributed by atoms with E-state index in [1.807, 2.05) is 0 Å². The van der Waals surface area contributed by atoms with Crippen molar-refractivity contribution in [3.05, 3.63) is 26.3 Å². The molecule has 0 saturated heterocycles. The molecule has 2 heterocycles. The van der Waals surface area contributed by atoms with Crippen LogP contribution in [0.3, 0.4) is 0 Å². The summed E-state index contributed by atoms with van der Waals surface area (Å²) in [5.41, 5.74) is 1.38. The van der Waals surface area contributed by atoms with E-state index in [1.54, 1.807) is 12.3 Å². The average molecular weight is 326 g/mol. The van der Waals surface area contributed by atoms with E-state index in [1.165, 1.54) is 0 Å². The summed E-state index contributed by atoms with van der Waals surface area (Å²) in [6, 6.07) is 1.73. The van der Waals surface area contributed by atoms with Gasteiger partial charge in [0, 0.05) is 3.57 Å². The maximum atomic E-state index is 5.76. The predicted molar refractivity (Wildman–Crippen MR) is 60.1 cm³/mol. The first-order valence-corrected chi connectivity index (χ1v) is 5.14. The van der Waals surface area contributed by atoms with Crippen LogP contribution in [0.1, 0.15) is 0 Å². The Morgan fingerprint density at radius 2 is 2.00 bits per heavy atom. The molecule has 13 heavy (non-hydrogen) atoms. The van der Waals surface area contributed by atoms with Gasteiger partial charge in [0.2, 0.25) is 5.28 Å². The van der Waals surface area contributed by atoms with Gasteiger partial charge in [-0.15, -0.1) is 0 Å². The van der Waals surface area contributed by atoms with Crippen LogP contribution in [0, 0.1) is 3.57 Å². The van der Waals surface area contributed by atoms with Gasteiger partial charge >= 0.3 is 0 Å². The van der Waals surface area contributed by atoms with Crippen LogP contribution in [0.4, 0.5) is 0 Å². The molecule has 0 aliphatic heterocycles. The third-order valence-electron chi connectivity index (χ3n) is 1.44. The summed E-state index contributed by atoms with van der Waals surface area (Å²) in [4.78, 5) is 11.9. The molecular weight excluding hydrogens is 324 g/mol. The summed E-state index contributed by atoms with van der Waals surface area (Å²) in [6.07, 6.45) is 1.55. The Bertz CT molecular complexity index is 474. The van der Waals surface area contributed by atoms with Crippen molar-refractivity contribution in [3.63, 3.8) is 0 Å².